The van der Waals surface area contributed by atoms with Crippen molar-refractivity contribution in [3.63, 3.8) is 0 Å². The van der Waals surface area contributed by atoms with Crippen molar-refractivity contribution in [1.82, 2.24) is 25.3 Å². The first kappa shape index (κ1) is 18.5. The summed E-state index contributed by atoms with van der Waals surface area (Å²) in [5, 5.41) is 11.2. The highest BCUT2D eigenvalue weighted by atomic mass is 15.3. The predicted octanol–water partition coefficient (Wildman–Crippen LogP) is 2.02. The highest BCUT2D eigenvalue weighted by Crippen LogP contribution is 2.19. The number of nitrogens with zero attached hydrogens (tertiary/aromatic N) is 4. The lowest BCUT2D eigenvalue weighted by Gasteiger charge is -2.25. The van der Waals surface area contributed by atoms with Gasteiger partial charge in [0, 0.05) is 38.9 Å². The third-order valence-electron chi connectivity index (χ3n) is 4.85. The van der Waals surface area contributed by atoms with E-state index >= 15 is 0 Å². The lowest BCUT2D eigenvalue weighted by Crippen LogP contribution is -2.45. The Balaban J connectivity index is 1.42. The van der Waals surface area contributed by atoms with Gasteiger partial charge in [0.15, 0.2) is 5.96 Å². The molecule has 2 heterocycles. The lowest BCUT2D eigenvalue weighted by molar-refractivity contribution is 0.245. The van der Waals surface area contributed by atoms with Gasteiger partial charge in [-0.3, -0.25) is 14.6 Å². The Bertz CT molecular complexity index is 693. The molecule has 1 atom stereocenters. The van der Waals surface area contributed by atoms with Crippen LogP contribution < -0.4 is 10.6 Å². The van der Waals surface area contributed by atoms with Crippen LogP contribution in [0.5, 0.6) is 0 Å². The van der Waals surface area contributed by atoms with Gasteiger partial charge in [-0.05, 0) is 37.4 Å². The normalized spacial score (nSPS) is 18.2. The summed E-state index contributed by atoms with van der Waals surface area (Å²) >= 11 is 0. The Kier molecular flexibility index (Phi) is 6.66. The van der Waals surface area contributed by atoms with Crippen LogP contribution in [0.25, 0.3) is 0 Å². The maximum atomic E-state index is 4.34. The number of likely N-dealkylation sites (tertiary alicyclic amines) is 1. The minimum atomic E-state index is 0.558. The summed E-state index contributed by atoms with van der Waals surface area (Å²) in [6.45, 7) is 6.81. The van der Waals surface area contributed by atoms with E-state index in [2.05, 4.69) is 69.1 Å². The molecule has 140 valence electrons. The number of rotatable bonds is 7. The van der Waals surface area contributed by atoms with E-state index in [0.29, 0.717) is 6.04 Å². The van der Waals surface area contributed by atoms with Gasteiger partial charge in [-0.15, -0.1) is 0 Å². The zero-order valence-electron chi connectivity index (χ0n) is 15.9. The molecule has 0 aliphatic carbocycles. The van der Waals surface area contributed by atoms with Crippen molar-refractivity contribution in [3.8, 4) is 0 Å². The molecule has 0 amide bonds. The van der Waals surface area contributed by atoms with E-state index in [-0.39, 0.29) is 0 Å². The minimum Gasteiger partial charge on any atom is -0.355 e. The van der Waals surface area contributed by atoms with Crippen molar-refractivity contribution in [2.75, 3.05) is 26.7 Å². The topological polar surface area (TPSA) is 57.5 Å². The van der Waals surface area contributed by atoms with Gasteiger partial charge in [-0.2, -0.15) is 5.10 Å². The number of guanidine groups is 1. The predicted molar refractivity (Wildman–Crippen MR) is 106 cm³/mol. The lowest BCUT2D eigenvalue weighted by atomic mass is 10.2. The maximum Gasteiger partial charge on any atom is 0.191 e. The fraction of sp³-hybridized carbons (Fsp3) is 0.500. The number of aromatic nitrogens is 2. The van der Waals surface area contributed by atoms with E-state index in [9.17, 15) is 0 Å². The van der Waals surface area contributed by atoms with Crippen molar-refractivity contribution in [2.45, 2.75) is 38.9 Å². The molecule has 3 rings (SSSR count). The van der Waals surface area contributed by atoms with Gasteiger partial charge in [-0.25, -0.2) is 0 Å². The summed E-state index contributed by atoms with van der Waals surface area (Å²) in [4.78, 5) is 6.91. The largest absolute Gasteiger partial charge is 0.355 e. The molecule has 1 fully saturated rings. The van der Waals surface area contributed by atoms with Gasteiger partial charge in [-0.1, -0.05) is 30.3 Å². The first-order valence-corrected chi connectivity index (χ1v) is 9.46. The van der Waals surface area contributed by atoms with E-state index in [0.717, 1.165) is 32.1 Å². The van der Waals surface area contributed by atoms with Crippen LogP contribution in [-0.2, 0) is 13.1 Å². The first-order chi connectivity index (χ1) is 12.7. The second-order valence-electron chi connectivity index (χ2n) is 6.91. The summed E-state index contributed by atoms with van der Waals surface area (Å²) in [5.74, 6) is 0.862. The number of hydrogen-bond acceptors (Lipinski definition) is 3. The molecular formula is C20H30N6. The summed E-state index contributed by atoms with van der Waals surface area (Å²) in [6, 6.07) is 11.3. The second kappa shape index (κ2) is 9.38. The number of benzene rings is 1. The Morgan fingerprint density at radius 3 is 2.85 bits per heavy atom. The molecule has 0 spiro atoms. The zero-order valence-corrected chi connectivity index (χ0v) is 15.9. The van der Waals surface area contributed by atoms with E-state index in [1.807, 2.05) is 17.9 Å². The van der Waals surface area contributed by atoms with Gasteiger partial charge in [0.05, 0.1) is 12.7 Å². The molecule has 1 saturated heterocycles. The fourth-order valence-electron chi connectivity index (χ4n) is 3.47. The Morgan fingerprint density at radius 2 is 2.12 bits per heavy atom. The van der Waals surface area contributed by atoms with Crippen LogP contribution in [-0.4, -0.2) is 53.4 Å². The molecule has 1 aromatic heterocycles. The maximum absolute atomic E-state index is 4.34. The Morgan fingerprint density at radius 1 is 1.27 bits per heavy atom. The van der Waals surface area contributed by atoms with Gasteiger partial charge in [0.1, 0.15) is 0 Å². The summed E-state index contributed by atoms with van der Waals surface area (Å²) in [5.41, 5.74) is 2.57. The molecule has 0 saturated carbocycles. The minimum absolute atomic E-state index is 0.558. The SMILES string of the molecule is CN=C(NCCn1cc(C)cn1)NCC1CCCN1Cc1ccccc1. The highest BCUT2D eigenvalue weighted by molar-refractivity contribution is 5.79. The molecule has 1 aliphatic heterocycles. The van der Waals surface area contributed by atoms with Crippen molar-refractivity contribution < 1.29 is 0 Å². The molecule has 1 unspecified atom stereocenters. The highest BCUT2D eigenvalue weighted by Gasteiger charge is 2.24. The molecular weight excluding hydrogens is 324 g/mol. The molecule has 6 nitrogen and oxygen atoms in total. The van der Waals surface area contributed by atoms with Gasteiger partial charge in [0.2, 0.25) is 0 Å². The third kappa shape index (κ3) is 5.33. The van der Waals surface area contributed by atoms with Crippen LogP contribution >= 0.6 is 0 Å². The number of aryl methyl sites for hydroxylation is 1. The van der Waals surface area contributed by atoms with Gasteiger partial charge in [0.25, 0.3) is 0 Å². The summed E-state index contributed by atoms with van der Waals surface area (Å²) < 4.78 is 1.95. The molecule has 6 heteroatoms. The molecule has 2 aromatic rings. The number of aliphatic imine (C=N–C) groups is 1. The Hall–Kier alpha value is -2.34. The van der Waals surface area contributed by atoms with E-state index in [4.69, 9.17) is 0 Å². The molecule has 26 heavy (non-hydrogen) atoms. The third-order valence-corrected chi connectivity index (χ3v) is 4.85. The zero-order chi connectivity index (χ0) is 18.2. The van der Waals surface area contributed by atoms with Gasteiger partial charge >= 0.3 is 0 Å². The number of nitrogens with one attached hydrogen (secondary N) is 2. The Labute approximate surface area is 156 Å². The van der Waals surface area contributed by atoms with Crippen molar-refractivity contribution >= 4 is 5.96 Å². The van der Waals surface area contributed by atoms with Gasteiger partial charge < -0.3 is 10.6 Å². The van der Waals surface area contributed by atoms with E-state index in [1.165, 1.54) is 30.5 Å². The van der Waals surface area contributed by atoms with Crippen LogP contribution in [0.1, 0.15) is 24.0 Å². The number of hydrogen-bond donors (Lipinski definition) is 2. The van der Waals surface area contributed by atoms with Crippen LogP contribution in [0.15, 0.2) is 47.7 Å². The standard InChI is InChI=1S/C20H30N6/c1-17-13-24-26(15-17)12-10-22-20(21-2)23-14-19-9-6-11-25(19)16-18-7-4-3-5-8-18/h3-5,7-8,13,15,19H,6,9-12,14,16H2,1-2H3,(H2,21,22,23). The van der Waals surface area contributed by atoms with Crippen molar-refractivity contribution in [1.29, 1.82) is 0 Å². The van der Waals surface area contributed by atoms with E-state index < -0.39 is 0 Å². The van der Waals surface area contributed by atoms with E-state index in [1.54, 1.807) is 0 Å². The second-order valence-corrected chi connectivity index (χ2v) is 6.91. The summed E-state index contributed by atoms with van der Waals surface area (Å²) in [6.07, 6.45) is 6.44. The average Bonchev–Trinajstić information content (AvgIpc) is 3.27. The fourth-order valence-corrected chi connectivity index (χ4v) is 3.47. The van der Waals surface area contributed by atoms with Crippen molar-refractivity contribution in [3.05, 3.63) is 53.9 Å². The quantitative estimate of drug-likeness (QED) is 0.590. The smallest absolute Gasteiger partial charge is 0.191 e. The molecule has 0 radical (unpaired) electrons. The van der Waals surface area contributed by atoms with Crippen LogP contribution in [0.3, 0.4) is 0 Å². The van der Waals surface area contributed by atoms with Crippen LogP contribution in [0.2, 0.25) is 0 Å². The van der Waals surface area contributed by atoms with Crippen LogP contribution in [0.4, 0.5) is 0 Å². The summed E-state index contributed by atoms with van der Waals surface area (Å²) in [7, 11) is 1.82. The monoisotopic (exact) mass is 354 g/mol. The molecule has 1 aliphatic rings. The average molecular weight is 355 g/mol. The molecule has 0 bridgehead atoms. The first-order valence-electron chi connectivity index (χ1n) is 9.46. The molecule has 1 aromatic carbocycles. The molecule has 2 N–H and O–H groups in total. The van der Waals surface area contributed by atoms with Crippen molar-refractivity contribution in [2.24, 2.45) is 4.99 Å². The van der Waals surface area contributed by atoms with Crippen LogP contribution in [0, 0.1) is 6.92 Å².